The second-order valence-electron chi connectivity index (χ2n) is 5.31. The Kier molecular flexibility index (Phi) is 4.68. The Morgan fingerprint density at radius 1 is 0.583 bits per heavy atom. The molecule has 0 bridgehead atoms. The molecular formula is C20H18N4. The molecule has 4 nitrogen and oxygen atoms in total. The molecule has 3 aromatic carbocycles. The Morgan fingerprint density at radius 2 is 0.958 bits per heavy atom. The molecule has 3 rings (SSSR count). The van der Waals surface area contributed by atoms with E-state index in [1.165, 1.54) is 0 Å². The molecule has 0 aliphatic rings. The van der Waals surface area contributed by atoms with E-state index < -0.39 is 0 Å². The first-order valence-corrected chi connectivity index (χ1v) is 7.59. The van der Waals surface area contributed by atoms with Crippen molar-refractivity contribution < 1.29 is 0 Å². The van der Waals surface area contributed by atoms with Gasteiger partial charge in [-0.05, 0) is 23.3 Å². The molecule has 4 N–H and O–H groups in total. The molecule has 0 radical (unpaired) electrons. The third kappa shape index (κ3) is 3.87. The van der Waals surface area contributed by atoms with Crippen molar-refractivity contribution in [1.29, 1.82) is 0 Å². The Hall–Kier alpha value is -3.40. The summed E-state index contributed by atoms with van der Waals surface area (Å²) in [4.78, 5) is 8.83. The van der Waals surface area contributed by atoms with Crippen molar-refractivity contribution in [3.05, 3.63) is 83.9 Å². The Morgan fingerprint density at radius 3 is 1.33 bits per heavy atom. The quantitative estimate of drug-likeness (QED) is 0.554. The Balaban J connectivity index is 1.83. The van der Waals surface area contributed by atoms with Crippen LogP contribution in [-0.4, -0.2) is 12.4 Å². The van der Waals surface area contributed by atoms with Gasteiger partial charge in [-0.1, -0.05) is 60.7 Å². The summed E-state index contributed by atoms with van der Waals surface area (Å²) in [7, 11) is 0. The fourth-order valence-electron chi connectivity index (χ4n) is 2.20. The number of anilines is 2. The normalized spacial score (nSPS) is 11.3. The van der Waals surface area contributed by atoms with E-state index in [4.69, 9.17) is 11.5 Å². The number of aliphatic imine (C=N–C) groups is 2. The van der Waals surface area contributed by atoms with Gasteiger partial charge in [-0.2, -0.15) is 0 Å². The molecule has 0 saturated heterocycles. The zero-order valence-electron chi connectivity index (χ0n) is 13.1. The van der Waals surface area contributed by atoms with Crippen molar-refractivity contribution in [3.63, 3.8) is 0 Å². The third-order valence-electron chi connectivity index (χ3n) is 3.48. The van der Waals surface area contributed by atoms with Crippen molar-refractivity contribution in [1.82, 2.24) is 0 Å². The molecule has 0 saturated carbocycles. The maximum atomic E-state index is 6.08. The number of rotatable bonds is 4. The summed E-state index contributed by atoms with van der Waals surface area (Å²) >= 11 is 0. The van der Waals surface area contributed by atoms with Crippen LogP contribution >= 0.6 is 0 Å². The van der Waals surface area contributed by atoms with E-state index in [9.17, 15) is 0 Å². The second kappa shape index (κ2) is 7.24. The Bertz CT molecular complexity index is 794. The van der Waals surface area contributed by atoms with Crippen LogP contribution < -0.4 is 11.5 Å². The molecule has 3 aromatic rings. The van der Waals surface area contributed by atoms with Gasteiger partial charge in [-0.15, -0.1) is 0 Å². The van der Waals surface area contributed by atoms with E-state index in [0.29, 0.717) is 22.7 Å². The van der Waals surface area contributed by atoms with Crippen LogP contribution in [0.4, 0.5) is 22.7 Å². The predicted molar refractivity (Wildman–Crippen MR) is 103 cm³/mol. The standard InChI is InChI=1S/C20H18N4/c21-17-12-20(24-14-16-9-5-2-6-10-16)18(22)11-19(17)23-13-15-7-3-1-4-8-15/h1-14H,21-22H2/b23-13+,24-14+. The van der Waals surface area contributed by atoms with Gasteiger partial charge in [0, 0.05) is 12.4 Å². The van der Waals surface area contributed by atoms with Crippen LogP contribution in [0.3, 0.4) is 0 Å². The van der Waals surface area contributed by atoms with Gasteiger partial charge in [0.1, 0.15) is 0 Å². The summed E-state index contributed by atoms with van der Waals surface area (Å²) in [5, 5.41) is 0. The first kappa shape index (κ1) is 15.5. The minimum atomic E-state index is 0.539. The van der Waals surface area contributed by atoms with Crippen LogP contribution in [0.25, 0.3) is 0 Å². The summed E-state index contributed by atoms with van der Waals surface area (Å²) in [6.45, 7) is 0. The topological polar surface area (TPSA) is 76.8 Å². The van der Waals surface area contributed by atoms with Crippen LogP contribution in [-0.2, 0) is 0 Å². The molecule has 0 heterocycles. The van der Waals surface area contributed by atoms with E-state index in [1.54, 1.807) is 24.6 Å². The van der Waals surface area contributed by atoms with Crippen molar-refractivity contribution in [3.8, 4) is 0 Å². The lowest BCUT2D eigenvalue weighted by atomic mass is 10.2. The highest BCUT2D eigenvalue weighted by atomic mass is 14.8. The molecule has 0 unspecified atom stereocenters. The zero-order chi connectivity index (χ0) is 16.8. The zero-order valence-corrected chi connectivity index (χ0v) is 13.1. The van der Waals surface area contributed by atoms with Gasteiger partial charge in [0.25, 0.3) is 0 Å². The maximum absolute atomic E-state index is 6.08. The lowest BCUT2D eigenvalue weighted by Crippen LogP contribution is -1.92. The van der Waals surface area contributed by atoms with Crippen molar-refractivity contribution in [2.75, 3.05) is 11.5 Å². The molecule has 0 spiro atoms. The average molecular weight is 314 g/mol. The maximum Gasteiger partial charge on any atom is 0.0881 e. The smallest absolute Gasteiger partial charge is 0.0881 e. The van der Waals surface area contributed by atoms with Crippen molar-refractivity contribution in [2.45, 2.75) is 0 Å². The highest BCUT2D eigenvalue weighted by molar-refractivity contribution is 5.88. The predicted octanol–water partition coefficient (Wildman–Crippen LogP) is 4.35. The number of benzene rings is 3. The fourth-order valence-corrected chi connectivity index (χ4v) is 2.20. The van der Waals surface area contributed by atoms with Gasteiger partial charge in [-0.3, -0.25) is 9.98 Å². The number of nitrogen functional groups attached to an aromatic ring is 2. The molecule has 0 aliphatic heterocycles. The first-order valence-electron chi connectivity index (χ1n) is 7.59. The monoisotopic (exact) mass is 314 g/mol. The summed E-state index contributed by atoms with van der Waals surface area (Å²) in [5.74, 6) is 0. The van der Waals surface area contributed by atoms with Gasteiger partial charge >= 0.3 is 0 Å². The van der Waals surface area contributed by atoms with E-state index in [-0.39, 0.29) is 0 Å². The fraction of sp³-hybridized carbons (Fsp3) is 0. The van der Waals surface area contributed by atoms with Crippen molar-refractivity contribution in [2.24, 2.45) is 9.98 Å². The highest BCUT2D eigenvalue weighted by Gasteiger charge is 2.04. The second-order valence-corrected chi connectivity index (χ2v) is 5.31. The molecule has 24 heavy (non-hydrogen) atoms. The number of nitrogens with two attached hydrogens (primary N) is 2. The first-order chi connectivity index (χ1) is 11.7. The van der Waals surface area contributed by atoms with Crippen molar-refractivity contribution >= 4 is 35.2 Å². The summed E-state index contributed by atoms with van der Waals surface area (Å²) in [5.41, 5.74) is 16.5. The molecule has 0 atom stereocenters. The van der Waals surface area contributed by atoms with E-state index in [1.807, 2.05) is 60.7 Å². The summed E-state index contributed by atoms with van der Waals surface area (Å²) in [6, 6.07) is 23.1. The van der Waals surface area contributed by atoms with Gasteiger partial charge in [-0.25, -0.2) is 0 Å². The lowest BCUT2D eigenvalue weighted by Gasteiger charge is -2.05. The number of hydrogen-bond donors (Lipinski definition) is 2. The SMILES string of the molecule is Nc1cc(/N=C/c2ccccc2)c(N)cc1/N=C/c1ccccc1. The number of nitrogens with zero attached hydrogens (tertiary/aromatic N) is 2. The van der Waals surface area contributed by atoms with Crippen LogP contribution in [0.2, 0.25) is 0 Å². The molecule has 118 valence electrons. The molecule has 0 fully saturated rings. The van der Waals surface area contributed by atoms with E-state index >= 15 is 0 Å². The molecule has 0 amide bonds. The number of hydrogen-bond acceptors (Lipinski definition) is 4. The highest BCUT2D eigenvalue weighted by Crippen LogP contribution is 2.33. The van der Waals surface area contributed by atoms with Gasteiger partial charge in [0.05, 0.1) is 22.7 Å². The van der Waals surface area contributed by atoms with Gasteiger partial charge in [0.2, 0.25) is 0 Å². The van der Waals surface area contributed by atoms with Gasteiger partial charge in [0.15, 0.2) is 0 Å². The summed E-state index contributed by atoms with van der Waals surface area (Å²) in [6.07, 6.45) is 3.52. The summed E-state index contributed by atoms with van der Waals surface area (Å²) < 4.78 is 0. The van der Waals surface area contributed by atoms with Gasteiger partial charge < -0.3 is 11.5 Å². The minimum Gasteiger partial charge on any atom is -0.397 e. The molecule has 4 heteroatoms. The third-order valence-corrected chi connectivity index (χ3v) is 3.48. The lowest BCUT2D eigenvalue weighted by molar-refractivity contribution is 1.48. The minimum absolute atomic E-state index is 0.539. The van der Waals surface area contributed by atoms with E-state index in [0.717, 1.165) is 11.1 Å². The van der Waals surface area contributed by atoms with Crippen LogP contribution in [0, 0.1) is 0 Å². The van der Waals surface area contributed by atoms with Crippen LogP contribution in [0.1, 0.15) is 11.1 Å². The van der Waals surface area contributed by atoms with Crippen LogP contribution in [0.15, 0.2) is 82.8 Å². The van der Waals surface area contributed by atoms with Crippen LogP contribution in [0.5, 0.6) is 0 Å². The van der Waals surface area contributed by atoms with E-state index in [2.05, 4.69) is 9.98 Å². The molecule has 0 aromatic heterocycles. The Labute approximate surface area is 141 Å². The average Bonchev–Trinajstić information content (AvgIpc) is 2.62. The molecular weight excluding hydrogens is 296 g/mol. The largest absolute Gasteiger partial charge is 0.397 e. The molecule has 0 aliphatic carbocycles.